The Morgan fingerprint density at radius 2 is 1.74 bits per heavy atom. The van der Waals surface area contributed by atoms with Crippen LogP contribution in [0.5, 0.6) is 11.5 Å². The lowest BCUT2D eigenvalue weighted by atomic mass is 9.83. The Morgan fingerprint density at radius 3 is 2.56 bits per heavy atom. The molecule has 1 aliphatic carbocycles. The van der Waals surface area contributed by atoms with Crippen molar-refractivity contribution < 1.29 is 9.47 Å². The lowest BCUT2D eigenvalue weighted by molar-refractivity contribution is 0.306. The van der Waals surface area contributed by atoms with Gasteiger partial charge in [0.25, 0.3) is 5.56 Å². The Bertz CT molecular complexity index is 2080. The largest absolute Gasteiger partial charge is 0.496 e. The summed E-state index contributed by atoms with van der Waals surface area (Å²) in [4.78, 5) is 19.9. The van der Waals surface area contributed by atoms with E-state index in [4.69, 9.17) is 37.7 Å². The van der Waals surface area contributed by atoms with Crippen molar-refractivity contribution in [2.75, 3.05) is 7.11 Å². The lowest BCUT2D eigenvalue weighted by Gasteiger charge is -2.31. The maximum absolute atomic E-state index is 14.1. The van der Waals surface area contributed by atoms with E-state index in [-0.39, 0.29) is 11.6 Å². The highest BCUT2D eigenvalue weighted by atomic mass is 35.5. The molecule has 43 heavy (non-hydrogen) atoms. The Labute approximate surface area is 262 Å². The van der Waals surface area contributed by atoms with Crippen LogP contribution in [0.4, 0.5) is 0 Å². The molecule has 0 spiro atoms. The number of ether oxygens (including phenoxy) is 2. The molecule has 0 fully saturated rings. The fraction of sp³-hybridized carbons (Fsp3) is 0.143. The molecule has 5 nitrogen and oxygen atoms in total. The zero-order valence-corrected chi connectivity index (χ0v) is 25.5. The molecule has 1 atom stereocenters. The van der Waals surface area contributed by atoms with Gasteiger partial charge in [-0.15, -0.1) is 0 Å². The molecule has 0 saturated carbocycles. The van der Waals surface area contributed by atoms with E-state index in [1.165, 1.54) is 16.9 Å². The van der Waals surface area contributed by atoms with Crippen LogP contribution < -0.4 is 24.4 Å². The Morgan fingerprint density at radius 1 is 0.953 bits per heavy atom. The van der Waals surface area contributed by atoms with E-state index in [9.17, 15) is 4.79 Å². The molecule has 0 saturated heterocycles. The van der Waals surface area contributed by atoms with Gasteiger partial charge in [0.15, 0.2) is 4.80 Å². The Hall–Kier alpha value is -4.10. The van der Waals surface area contributed by atoms with Crippen molar-refractivity contribution in [3.05, 3.63) is 154 Å². The van der Waals surface area contributed by atoms with E-state index in [1.807, 2.05) is 65.2 Å². The van der Waals surface area contributed by atoms with Crippen molar-refractivity contribution in [2.24, 2.45) is 4.99 Å². The summed E-state index contributed by atoms with van der Waals surface area (Å²) in [5.41, 5.74) is 7.25. The minimum atomic E-state index is -0.296. The van der Waals surface area contributed by atoms with Gasteiger partial charge in [-0.2, -0.15) is 0 Å². The van der Waals surface area contributed by atoms with Gasteiger partial charge in [-0.25, -0.2) is 4.99 Å². The van der Waals surface area contributed by atoms with Crippen molar-refractivity contribution in [3.8, 4) is 11.5 Å². The second kappa shape index (κ2) is 11.5. The molecule has 4 aromatic carbocycles. The first-order valence-corrected chi connectivity index (χ1v) is 15.5. The molecule has 0 N–H and O–H groups in total. The summed E-state index contributed by atoms with van der Waals surface area (Å²) in [6.07, 6.45) is 3.65. The van der Waals surface area contributed by atoms with Gasteiger partial charge in [0.05, 0.1) is 33.4 Å². The second-order valence-corrected chi connectivity index (χ2v) is 12.3. The van der Waals surface area contributed by atoms with Crippen LogP contribution in [0.2, 0.25) is 10.0 Å². The summed E-state index contributed by atoms with van der Waals surface area (Å²) >= 11 is 13.6. The quantitative estimate of drug-likeness (QED) is 0.200. The molecule has 2 aliphatic rings. The van der Waals surface area contributed by atoms with Gasteiger partial charge >= 0.3 is 0 Å². The SMILES string of the molecule is COc1ccccc1[C@H]1C2=C(N=c3s/c(=C\c4ccc(OCc5ccc(Cl)c(Cl)c5)cc4)c(=O)n31)c1ccccc1CC2. The lowest BCUT2D eigenvalue weighted by Crippen LogP contribution is -2.38. The number of thiazole rings is 1. The molecular formula is C35H26Cl2N2O3S. The number of allylic oxidation sites excluding steroid dienone is 1. The molecular weight excluding hydrogens is 599 g/mol. The van der Waals surface area contributed by atoms with Crippen molar-refractivity contribution >= 4 is 46.3 Å². The van der Waals surface area contributed by atoms with Gasteiger partial charge in [0, 0.05) is 11.1 Å². The van der Waals surface area contributed by atoms with E-state index < -0.39 is 0 Å². The van der Waals surface area contributed by atoms with E-state index in [0.29, 0.717) is 31.7 Å². The first kappa shape index (κ1) is 27.7. The monoisotopic (exact) mass is 624 g/mol. The van der Waals surface area contributed by atoms with Crippen LogP contribution in [0.3, 0.4) is 0 Å². The summed E-state index contributed by atoms with van der Waals surface area (Å²) in [7, 11) is 1.67. The summed E-state index contributed by atoms with van der Waals surface area (Å²) in [5.74, 6) is 1.47. The van der Waals surface area contributed by atoms with Crippen LogP contribution in [0.1, 0.15) is 40.3 Å². The predicted molar refractivity (Wildman–Crippen MR) is 173 cm³/mol. The Balaban J connectivity index is 1.27. The molecule has 8 heteroatoms. The molecule has 0 bridgehead atoms. The van der Waals surface area contributed by atoms with Gasteiger partial charge in [0.2, 0.25) is 0 Å². The van der Waals surface area contributed by atoms with E-state index in [2.05, 4.69) is 24.3 Å². The van der Waals surface area contributed by atoms with E-state index in [1.54, 1.807) is 19.2 Å². The topological polar surface area (TPSA) is 52.8 Å². The average molecular weight is 626 g/mol. The third kappa shape index (κ3) is 5.20. The van der Waals surface area contributed by atoms with Crippen LogP contribution in [-0.2, 0) is 13.0 Å². The third-order valence-corrected chi connectivity index (χ3v) is 9.60. The highest BCUT2D eigenvalue weighted by Crippen LogP contribution is 2.43. The number of nitrogens with zero attached hydrogens (tertiary/aromatic N) is 2. The second-order valence-electron chi connectivity index (χ2n) is 10.5. The third-order valence-electron chi connectivity index (χ3n) is 7.87. The molecule has 5 aromatic rings. The number of aromatic nitrogens is 1. The van der Waals surface area contributed by atoms with E-state index in [0.717, 1.165) is 52.1 Å². The molecule has 1 aliphatic heterocycles. The fourth-order valence-electron chi connectivity index (χ4n) is 5.80. The highest BCUT2D eigenvalue weighted by Gasteiger charge is 2.33. The maximum Gasteiger partial charge on any atom is 0.271 e. The minimum absolute atomic E-state index is 0.0648. The zero-order chi connectivity index (χ0) is 29.5. The smallest absolute Gasteiger partial charge is 0.271 e. The number of para-hydroxylation sites is 1. The predicted octanol–water partition coefficient (Wildman–Crippen LogP) is 7.21. The molecule has 214 valence electrons. The number of rotatable bonds is 6. The highest BCUT2D eigenvalue weighted by molar-refractivity contribution is 7.07. The van der Waals surface area contributed by atoms with Gasteiger partial charge in [-0.05, 0) is 71.5 Å². The number of benzene rings is 4. The summed E-state index contributed by atoms with van der Waals surface area (Å²) < 4.78 is 14.2. The van der Waals surface area contributed by atoms with Gasteiger partial charge in [-0.1, -0.05) is 95.2 Å². The standard InChI is InChI=1S/C35H26Cl2N2O3S/c1-41-30-9-5-4-8-26(30)33-27-16-13-23-6-2-3-7-25(23)32(27)38-35-39(33)34(40)31(43-35)19-21-10-14-24(15-11-21)42-20-22-12-17-28(36)29(37)18-22/h2-12,14-15,17-19,33H,13,16,20H2,1H3/b31-19-/t33-/m0/s1. The van der Waals surface area contributed by atoms with Crippen molar-refractivity contribution in [1.82, 2.24) is 4.57 Å². The molecule has 2 heterocycles. The molecule has 0 unspecified atom stereocenters. The molecule has 0 radical (unpaired) electrons. The maximum atomic E-state index is 14.1. The van der Waals surface area contributed by atoms with Gasteiger partial charge in [0.1, 0.15) is 18.1 Å². The number of halogens is 2. The van der Waals surface area contributed by atoms with Crippen LogP contribution in [0, 0.1) is 0 Å². The number of aryl methyl sites for hydroxylation is 1. The number of hydrogen-bond acceptors (Lipinski definition) is 5. The normalized spacial score (nSPS) is 15.8. The van der Waals surface area contributed by atoms with Crippen LogP contribution >= 0.6 is 34.5 Å². The molecule has 0 amide bonds. The summed E-state index contributed by atoms with van der Waals surface area (Å²) in [6.45, 7) is 0.367. The first-order valence-electron chi connectivity index (χ1n) is 13.9. The van der Waals surface area contributed by atoms with Crippen LogP contribution in [-0.4, -0.2) is 11.7 Å². The summed E-state index contributed by atoms with van der Waals surface area (Å²) in [5, 5.41) is 1.01. The van der Waals surface area contributed by atoms with Crippen molar-refractivity contribution in [3.63, 3.8) is 0 Å². The molecule has 7 rings (SSSR count). The zero-order valence-electron chi connectivity index (χ0n) is 23.2. The number of fused-ring (bicyclic) bond motifs is 3. The minimum Gasteiger partial charge on any atom is -0.496 e. The average Bonchev–Trinajstić information content (AvgIpc) is 3.35. The van der Waals surface area contributed by atoms with Gasteiger partial charge < -0.3 is 9.47 Å². The first-order chi connectivity index (χ1) is 21.0. The number of hydrogen-bond donors (Lipinski definition) is 0. The van der Waals surface area contributed by atoms with E-state index >= 15 is 0 Å². The fourth-order valence-corrected chi connectivity index (χ4v) is 7.12. The van der Waals surface area contributed by atoms with Gasteiger partial charge in [-0.3, -0.25) is 9.36 Å². The molecule has 1 aromatic heterocycles. The van der Waals surface area contributed by atoms with Crippen LogP contribution in [0.25, 0.3) is 11.8 Å². The van der Waals surface area contributed by atoms with Crippen molar-refractivity contribution in [1.29, 1.82) is 0 Å². The Kier molecular flexibility index (Phi) is 7.43. The number of methoxy groups -OCH3 is 1. The van der Waals surface area contributed by atoms with Crippen molar-refractivity contribution in [2.45, 2.75) is 25.5 Å². The van der Waals surface area contributed by atoms with Crippen LogP contribution in [0.15, 0.2) is 106 Å². The summed E-state index contributed by atoms with van der Waals surface area (Å²) in [6, 6.07) is 29.2.